The molecule has 41 heavy (non-hydrogen) atoms. The van der Waals surface area contributed by atoms with E-state index < -0.39 is 5.41 Å². The Labute approximate surface area is 239 Å². The van der Waals surface area contributed by atoms with E-state index in [2.05, 4.69) is 146 Å². The van der Waals surface area contributed by atoms with E-state index in [1.54, 1.807) is 0 Å². The molecule has 0 saturated carbocycles. The number of aromatic nitrogens is 2. The summed E-state index contributed by atoms with van der Waals surface area (Å²) in [4.78, 5) is 0. The first-order valence-corrected chi connectivity index (χ1v) is 14.5. The zero-order chi connectivity index (χ0) is 27.2. The summed E-state index contributed by atoms with van der Waals surface area (Å²) in [7, 11) is 0. The second kappa shape index (κ2) is 6.88. The minimum absolute atomic E-state index is 0.415. The Bertz CT molecular complexity index is 2160. The first kappa shape index (κ1) is 21.9. The largest absolute Gasteiger partial charge is 0.286 e. The van der Waals surface area contributed by atoms with Crippen molar-refractivity contribution in [1.29, 1.82) is 0 Å². The molecule has 0 N–H and O–H groups in total. The van der Waals surface area contributed by atoms with Crippen LogP contribution in [0.2, 0.25) is 0 Å². The maximum atomic E-state index is 2.51. The van der Waals surface area contributed by atoms with Crippen molar-refractivity contribution in [3.05, 3.63) is 154 Å². The average Bonchev–Trinajstić information content (AvgIpc) is 3.56. The molecule has 3 aliphatic heterocycles. The minimum Gasteiger partial charge on any atom is -0.0619 e. The Balaban J connectivity index is 1.54. The lowest BCUT2D eigenvalue weighted by Gasteiger charge is -2.39. The van der Waals surface area contributed by atoms with Gasteiger partial charge in [-0.05, 0) is 90.0 Å². The number of hydrogen-bond donors (Lipinski definition) is 0. The molecule has 192 valence electrons. The first-order valence-electron chi connectivity index (χ1n) is 14.5. The second-order valence-corrected chi connectivity index (χ2v) is 12.2. The van der Waals surface area contributed by atoms with Crippen LogP contribution in [0.4, 0.5) is 11.4 Å². The van der Waals surface area contributed by atoms with E-state index in [4.69, 9.17) is 0 Å². The van der Waals surface area contributed by atoms with Crippen LogP contribution in [0.5, 0.6) is 0 Å². The van der Waals surface area contributed by atoms with Crippen molar-refractivity contribution in [2.24, 2.45) is 0 Å². The molecule has 4 aliphatic rings. The van der Waals surface area contributed by atoms with Crippen molar-refractivity contribution in [2.75, 3.05) is 0 Å². The van der Waals surface area contributed by atoms with Gasteiger partial charge in [-0.3, -0.25) is 0 Å². The smallest absolute Gasteiger partial charge is 0.0619 e. The topological polar surface area (TPSA) is 7.76 Å². The zero-order valence-electron chi connectivity index (χ0n) is 23.3. The molecular formula is C38H28N3+3. The van der Waals surface area contributed by atoms with Gasteiger partial charge in [-0.2, -0.15) is 0 Å². The molecule has 0 fully saturated rings. The fraction of sp³-hybridized carbons (Fsp3) is 0.105. The van der Waals surface area contributed by atoms with Crippen LogP contribution >= 0.6 is 0 Å². The molecule has 0 bridgehead atoms. The van der Waals surface area contributed by atoms with E-state index >= 15 is 0 Å². The lowest BCUT2D eigenvalue weighted by atomic mass is 9.63. The van der Waals surface area contributed by atoms with Gasteiger partial charge in [0.15, 0.2) is 4.70 Å². The van der Waals surface area contributed by atoms with Gasteiger partial charge in [0.05, 0.1) is 14.8 Å². The third-order valence-corrected chi connectivity index (χ3v) is 10.00. The highest BCUT2D eigenvalue weighted by Gasteiger charge is 2.75. The maximum absolute atomic E-state index is 2.51. The lowest BCUT2D eigenvalue weighted by molar-refractivity contribution is -1.02. The quantitative estimate of drug-likeness (QED) is 0.144. The fourth-order valence-electron chi connectivity index (χ4n) is 8.75. The SMILES string of the molecule is Cc1cc2c3c(c1)C1(c4ccccc4-c4ccccc41)c1cc(C)cc4c1[N+]3([n+]1ccccc1-2)[n+]1ccc(C)cc1-4. The maximum Gasteiger partial charge on any atom is 0.286 e. The van der Waals surface area contributed by atoms with Crippen LogP contribution in [-0.4, -0.2) is 0 Å². The summed E-state index contributed by atoms with van der Waals surface area (Å²) in [5.41, 5.74) is 19.6. The summed E-state index contributed by atoms with van der Waals surface area (Å²) in [6.45, 7) is 6.74. The van der Waals surface area contributed by atoms with E-state index in [0.29, 0.717) is 4.70 Å². The normalized spacial score (nSPS) is 18.4. The summed E-state index contributed by atoms with van der Waals surface area (Å²) < 4.78 is 5.53. The van der Waals surface area contributed by atoms with Gasteiger partial charge in [0, 0.05) is 35.4 Å². The predicted molar refractivity (Wildman–Crippen MR) is 161 cm³/mol. The van der Waals surface area contributed by atoms with E-state index in [0.717, 1.165) is 0 Å². The third-order valence-electron chi connectivity index (χ3n) is 10.00. The second-order valence-electron chi connectivity index (χ2n) is 12.2. The van der Waals surface area contributed by atoms with E-state index in [1.165, 1.54) is 84.0 Å². The number of quaternary nitrogens is 1. The predicted octanol–water partition coefficient (Wildman–Crippen LogP) is 7.39. The summed E-state index contributed by atoms with van der Waals surface area (Å²) >= 11 is 0. The summed E-state index contributed by atoms with van der Waals surface area (Å²) in [5, 5.41) is 0. The molecule has 3 nitrogen and oxygen atoms in total. The highest BCUT2D eigenvalue weighted by atomic mass is 15.9. The summed E-state index contributed by atoms with van der Waals surface area (Å²) in [6.07, 6.45) is 4.58. The van der Waals surface area contributed by atoms with Crippen LogP contribution in [0, 0.1) is 20.8 Å². The van der Waals surface area contributed by atoms with Gasteiger partial charge in [-0.15, -0.1) is 0 Å². The Morgan fingerprint density at radius 1 is 0.463 bits per heavy atom. The number of nitrogens with zero attached hydrogens (tertiary/aromatic N) is 3. The number of rotatable bonds is 0. The number of aryl methyl sites for hydroxylation is 3. The molecule has 1 unspecified atom stereocenters. The molecule has 10 rings (SSSR count). The standard InChI is InChI=1S/C38H28N3/c1-23-15-17-40-35(22-23)29-19-25(3)21-33-37(29)41(40)36-28(34-14-8-9-16-39(34)41)18-24(2)20-32(36)38(33)30-12-6-4-10-26(30)27-11-5-7-13-31(27)38/h4-22H,1-3H3/q+3. The molecule has 0 radical (unpaired) electrons. The van der Waals surface area contributed by atoms with E-state index in [1.807, 2.05) is 0 Å². The molecule has 5 heterocycles. The van der Waals surface area contributed by atoms with Crippen molar-refractivity contribution in [3.8, 4) is 33.6 Å². The molecule has 1 aliphatic carbocycles. The van der Waals surface area contributed by atoms with Crippen molar-refractivity contribution in [1.82, 2.24) is 4.70 Å². The molecule has 2 aromatic heterocycles. The van der Waals surface area contributed by atoms with Gasteiger partial charge >= 0.3 is 0 Å². The molecule has 4 aromatic carbocycles. The third kappa shape index (κ3) is 2.18. The molecular weight excluding hydrogens is 498 g/mol. The number of fused-ring (bicyclic) bond motifs is 11. The van der Waals surface area contributed by atoms with Crippen molar-refractivity contribution < 1.29 is 9.35 Å². The van der Waals surface area contributed by atoms with Crippen LogP contribution in [0.1, 0.15) is 38.9 Å². The van der Waals surface area contributed by atoms with Crippen LogP contribution in [0.25, 0.3) is 33.6 Å². The number of hydrogen-bond acceptors (Lipinski definition) is 0. The van der Waals surface area contributed by atoms with Crippen molar-refractivity contribution >= 4 is 11.4 Å². The van der Waals surface area contributed by atoms with Crippen LogP contribution < -0.4 is 14.1 Å². The van der Waals surface area contributed by atoms with Crippen LogP contribution in [0.15, 0.2) is 116 Å². The molecule has 2 spiro atoms. The molecule has 0 saturated heterocycles. The van der Waals surface area contributed by atoms with Gasteiger partial charge in [0.2, 0.25) is 12.4 Å². The van der Waals surface area contributed by atoms with E-state index in [9.17, 15) is 0 Å². The highest BCUT2D eigenvalue weighted by Crippen LogP contribution is 2.67. The highest BCUT2D eigenvalue weighted by molar-refractivity contribution is 5.99. The molecule has 3 heteroatoms. The zero-order valence-corrected chi connectivity index (χ0v) is 23.3. The Hall–Kier alpha value is -4.86. The first-order chi connectivity index (χ1) is 20.1. The minimum atomic E-state index is -0.415. The molecule has 1 atom stereocenters. The van der Waals surface area contributed by atoms with Gasteiger partial charge < -0.3 is 0 Å². The van der Waals surface area contributed by atoms with Gasteiger partial charge in [-0.1, -0.05) is 48.5 Å². The average molecular weight is 527 g/mol. The monoisotopic (exact) mass is 526 g/mol. The van der Waals surface area contributed by atoms with Gasteiger partial charge in [0.25, 0.3) is 22.8 Å². The van der Waals surface area contributed by atoms with Gasteiger partial charge in [-0.25, -0.2) is 0 Å². The number of benzene rings is 4. The summed E-state index contributed by atoms with van der Waals surface area (Å²) in [6, 6.07) is 39.3. The number of pyridine rings is 2. The van der Waals surface area contributed by atoms with Crippen LogP contribution in [-0.2, 0) is 5.41 Å². The summed E-state index contributed by atoms with van der Waals surface area (Å²) in [5.74, 6) is 0. The van der Waals surface area contributed by atoms with Crippen LogP contribution in [0.3, 0.4) is 0 Å². The Kier molecular flexibility index (Phi) is 3.68. The Morgan fingerprint density at radius 2 is 1.02 bits per heavy atom. The van der Waals surface area contributed by atoms with Crippen molar-refractivity contribution in [2.45, 2.75) is 26.2 Å². The lowest BCUT2D eigenvalue weighted by Crippen LogP contribution is -2.82. The van der Waals surface area contributed by atoms with Gasteiger partial charge in [0.1, 0.15) is 11.1 Å². The van der Waals surface area contributed by atoms with Crippen molar-refractivity contribution in [3.63, 3.8) is 0 Å². The molecule has 6 aromatic rings. The fourth-order valence-corrected chi connectivity index (χ4v) is 8.75. The molecule has 0 amide bonds. The van der Waals surface area contributed by atoms with E-state index in [-0.39, 0.29) is 0 Å². The Morgan fingerprint density at radius 3 is 1.68 bits per heavy atom.